The Morgan fingerprint density at radius 1 is 1.55 bits per heavy atom. The molecule has 0 saturated heterocycles. The van der Waals surface area contributed by atoms with Crippen molar-refractivity contribution in [3.63, 3.8) is 0 Å². The van der Waals surface area contributed by atoms with Gasteiger partial charge in [-0.25, -0.2) is 4.99 Å². The second-order valence-electron chi connectivity index (χ2n) is 3.70. The van der Waals surface area contributed by atoms with Gasteiger partial charge in [0.2, 0.25) is 5.12 Å². The Kier molecular flexibility index (Phi) is 4.85. The van der Waals surface area contributed by atoms with Gasteiger partial charge in [-0.1, -0.05) is 36.4 Å². The lowest BCUT2D eigenvalue weighted by atomic mass is 10.2. The SMILES string of the molecule is CCSC1=NC(=Cc2ccc(Cl)c([N+](=O)[O-])c2)C(=O)S1. The third-order valence-electron chi connectivity index (χ3n) is 2.34. The van der Waals surface area contributed by atoms with Gasteiger partial charge in [-0.2, -0.15) is 0 Å². The third kappa shape index (κ3) is 3.41. The molecule has 2 rings (SSSR count). The van der Waals surface area contributed by atoms with Gasteiger partial charge in [0.25, 0.3) is 5.69 Å². The highest BCUT2D eigenvalue weighted by molar-refractivity contribution is 8.45. The number of carbonyl (C=O) groups excluding carboxylic acids is 1. The Balaban J connectivity index is 2.33. The lowest BCUT2D eigenvalue weighted by molar-refractivity contribution is -0.384. The van der Waals surface area contributed by atoms with E-state index >= 15 is 0 Å². The number of hydrogen-bond donors (Lipinski definition) is 0. The molecular weight excluding hydrogens is 320 g/mol. The van der Waals surface area contributed by atoms with Gasteiger partial charge in [0.05, 0.1) is 4.92 Å². The Bertz CT molecular complexity index is 644. The van der Waals surface area contributed by atoms with Crippen LogP contribution in [-0.4, -0.2) is 20.2 Å². The molecule has 0 atom stereocenters. The first kappa shape index (κ1) is 15.1. The van der Waals surface area contributed by atoms with Crippen molar-refractivity contribution in [2.75, 3.05) is 5.75 Å². The van der Waals surface area contributed by atoms with Gasteiger partial charge in [-0.3, -0.25) is 14.9 Å². The van der Waals surface area contributed by atoms with Crippen LogP contribution in [0.1, 0.15) is 12.5 Å². The number of hydrogen-bond acceptors (Lipinski definition) is 6. The largest absolute Gasteiger partial charge is 0.288 e. The quantitative estimate of drug-likeness (QED) is 0.477. The molecule has 20 heavy (non-hydrogen) atoms. The van der Waals surface area contributed by atoms with Gasteiger partial charge in [-0.05, 0) is 35.2 Å². The first-order valence-corrected chi connectivity index (χ1v) is 7.78. The van der Waals surface area contributed by atoms with Crippen LogP contribution in [0.25, 0.3) is 6.08 Å². The van der Waals surface area contributed by atoms with Gasteiger partial charge in [0, 0.05) is 6.07 Å². The van der Waals surface area contributed by atoms with E-state index in [1.165, 1.54) is 30.0 Å². The highest BCUT2D eigenvalue weighted by Gasteiger charge is 2.22. The summed E-state index contributed by atoms with van der Waals surface area (Å²) in [5.74, 6) is 0.832. The maximum atomic E-state index is 11.8. The van der Waals surface area contributed by atoms with Crippen molar-refractivity contribution in [1.29, 1.82) is 0 Å². The standard InChI is InChI=1S/C12H9ClN2O3S2/c1-2-19-12-14-9(11(16)20-12)5-7-3-4-8(13)10(6-7)15(17)18/h3-6H,2H2,1H3. The fourth-order valence-corrected chi connectivity index (χ4v) is 3.42. The van der Waals surface area contributed by atoms with Crippen LogP contribution in [0.5, 0.6) is 0 Å². The molecule has 0 unspecified atom stereocenters. The van der Waals surface area contributed by atoms with Crippen molar-refractivity contribution in [2.24, 2.45) is 4.99 Å². The summed E-state index contributed by atoms with van der Waals surface area (Å²) >= 11 is 8.30. The van der Waals surface area contributed by atoms with E-state index in [-0.39, 0.29) is 15.8 Å². The zero-order valence-corrected chi connectivity index (χ0v) is 12.7. The van der Waals surface area contributed by atoms with E-state index in [0.29, 0.717) is 15.6 Å². The zero-order chi connectivity index (χ0) is 14.7. The molecule has 0 saturated carbocycles. The molecule has 0 amide bonds. The maximum Gasteiger partial charge on any atom is 0.288 e. The summed E-state index contributed by atoms with van der Waals surface area (Å²) in [6.07, 6.45) is 1.53. The molecule has 0 fully saturated rings. The van der Waals surface area contributed by atoms with Crippen LogP contribution in [-0.2, 0) is 4.79 Å². The molecule has 5 nitrogen and oxygen atoms in total. The number of thioether (sulfide) groups is 2. The second kappa shape index (κ2) is 6.43. The minimum Gasteiger partial charge on any atom is -0.279 e. The third-order valence-corrected chi connectivity index (χ3v) is 4.55. The molecule has 1 aromatic rings. The average molecular weight is 329 g/mol. The first-order valence-electron chi connectivity index (χ1n) is 5.60. The van der Waals surface area contributed by atoms with Crippen molar-refractivity contribution >= 4 is 56.4 Å². The lowest BCUT2D eigenvalue weighted by Gasteiger charge is -1.97. The van der Waals surface area contributed by atoms with Crippen LogP contribution < -0.4 is 0 Å². The Labute approximate surface area is 128 Å². The average Bonchev–Trinajstić information content (AvgIpc) is 2.72. The lowest BCUT2D eigenvalue weighted by Crippen LogP contribution is -1.91. The highest BCUT2D eigenvalue weighted by Crippen LogP contribution is 2.32. The van der Waals surface area contributed by atoms with Crippen molar-refractivity contribution in [1.82, 2.24) is 0 Å². The zero-order valence-electron chi connectivity index (χ0n) is 10.3. The highest BCUT2D eigenvalue weighted by atomic mass is 35.5. The van der Waals surface area contributed by atoms with Crippen LogP contribution in [0.4, 0.5) is 5.69 Å². The number of nitrogens with zero attached hydrogens (tertiary/aromatic N) is 2. The molecule has 1 aliphatic heterocycles. The van der Waals surface area contributed by atoms with E-state index in [4.69, 9.17) is 11.6 Å². The monoisotopic (exact) mass is 328 g/mol. The predicted octanol–water partition coefficient (Wildman–Crippen LogP) is 3.97. The van der Waals surface area contributed by atoms with Gasteiger partial charge >= 0.3 is 0 Å². The fraction of sp³-hybridized carbons (Fsp3) is 0.167. The van der Waals surface area contributed by atoms with E-state index in [0.717, 1.165) is 17.5 Å². The van der Waals surface area contributed by atoms with Gasteiger partial charge < -0.3 is 0 Å². The number of carbonyl (C=O) groups is 1. The van der Waals surface area contributed by atoms with E-state index in [2.05, 4.69) is 4.99 Å². The van der Waals surface area contributed by atoms with Crippen molar-refractivity contribution < 1.29 is 9.72 Å². The summed E-state index contributed by atoms with van der Waals surface area (Å²) in [7, 11) is 0. The summed E-state index contributed by atoms with van der Waals surface area (Å²) in [5, 5.41) is 10.7. The van der Waals surface area contributed by atoms with E-state index in [1.807, 2.05) is 6.92 Å². The predicted molar refractivity (Wildman–Crippen MR) is 84.2 cm³/mol. The van der Waals surface area contributed by atoms with Gasteiger partial charge in [0.15, 0.2) is 0 Å². The Hall–Kier alpha value is -1.31. The molecule has 0 radical (unpaired) electrons. The molecule has 1 aromatic carbocycles. The summed E-state index contributed by atoms with van der Waals surface area (Å²) in [6.45, 7) is 1.97. The smallest absolute Gasteiger partial charge is 0.279 e. The molecule has 0 N–H and O–H groups in total. The summed E-state index contributed by atoms with van der Waals surface area (Å²) < 4.78 is 0.701. The molecule has 0 aliphatic carbocycles. The Morgan fingerprint density at radius 2 is 2.30 bits per heavy atom. The van der Waals surface area contributed by atoms with Crippen LogP contribution >= 0.6 is 35.1 Å². The minimum atomic E-state index is -0.558. The van der Waals surface area contributed by atoms with Crippen LogP contribution in [0.15, 0.2) is 28.9 Å². The molecular formula is C12H9ClN2O3S2. The first-order chi connectivity index (χ1) is 9.51. The topological polar surface area (TPSA) is 72.6 Å². The van der Waals surface area contributed by atoms with Crippen molar-refractivity contribution in [3.8, 4) is 0 Å². The van der Waals surface area contributed by atoms with E-state index in [1.54, 1.807) is 6.07 Å². The maximum absolute atomic E-state index is 11.8. The summed E-state index contributed by atoms with van der Waals surface area (Å²) in [5.41, 5.74) is 0.630. The molecule has 0 aromatic heterocycles. The number of rotatable bonds is 3. The van der Waals surface area contributed by atoms with Gasteiger partial charge in [-0.15, -0.1) is 0 Å². The van der Waals surface area contributed by atoms with Crippen LogP contribution in [0, 0.1) is 10.1 Å². The normalized spacial score (nSPS) is 16.6. The van der Waals surface area contributed by atoms with Gasteiger partial charge in [0.1, 0.15) is 15.1 Å². The van der Waals surface area contributed by atoms with Crippen LogP contribution in [0.2, 0.25) is 5.02 Å². The molecule has 104 valence electrons. The molecule has 1 heterocycles. The number of halogens is 1. The van der Waals surface area contributed by atoms with E-state index in [9.17, 15) is 14.9 Å². The Morgan fingerprint density at radius 3 is 2.95 bits per heavy atom. The fourth-order valence-electron chi connectivity index (χ4n) is 1.49. The van der Waals surface area contributed by atoms with Crippen LogP contribution in [0.3, 0.4) is 0 Å². The van der Waals surface area contributed by atoms with Crippen molar-refractivity contribution in [3.05, 3.63) is 44.6 Å². The number of benzene rings is 1. The summed E-state index contributed by atoms with van der Waals surface area (Å²) in [4.78, 5) is 26.2. The second-order valence-corrected chi connectivity index (χ2v) is 6.58. The number of nitro groups is 1. The minimum absolute atomic E-state index is 0.0648. The number of nitro benzene ring substituents is 1. The van der Waals surface area contributed by atoms with Crippen molar-refractivity contribution in [2.45, 2.75) is 6.92 Å². The van der Waals surface area contributed by atoms with E-state index < -0.39 is 4.92 Å². The molecule has 0 bridgehead atoms. The molecule has 1 aliphatic rings. The molecule has 0 spiro atoms. The summed E-state index contributed by atoms with van der Waals surface area (Å²) in [6, 6.07) is 4.37. The number of aliphatic imine (C=N–C) groups is 1. The molecule has 8 heteroatoms.